The number of rotatable bonds is 6. The Balaban J connectivity index is 2.03. The third kappa shape index (κ3) is 4.16. The maximum absolute atomic E-state index is 11.9. The molecule has 0 saturated heterocycles. The van der Waals surface area contributed by atoms with Gasteiger partial charge in [0.15, 0.2) is 0 Å². The number of carboxylic acids is 1. The second kappa shape index (κ2) is 7.37. The van der Waals surface area contributed by atoms with Crippen molar-refractivity contribution in [1.29, 1.82) is 0 Å². The highest BCUT2D eigenvalue weighted by molar-refractivity contribution is 7.12. The van der Waals surface area contributed by atoms with Gasteiger partial charge < -0.3 is 15.6 Å². The average Bonchev–Trinajstić information content (AvgIpc) is 3.03. The lowest BCUT2D eigenvalue weighted by Crippen LogP contribution is -2.10. The van der Waals surface area contributed by atoms with E-state index >= 15 is 0 Å². The minimum Gasteiger partial charge on any atom is -0.481 e. The van der Waals surface area contributed by atoms with E-state index in [1.807, 2.05) is 5.38 Å². The highest BCUT2D eigenvalue weighted by atomic mass is 32.1. The predicted octanol–water partition coefficient (Wildman–Crippen LogP) is 3.04. The average molecular weight is 318 g/mol. The van der Waals surface area contributed by atoms with Crippen LogP contribution in [0.1, 0.15) is 28.1 Å². The molecule has 0 bridgehead atoms. The number of carbonyl (C=O) groups is 2. The van der Waals surface area contributed by atoms with Gasteiger partial charge in [-0.05, 0) is 29.1 Å². The fraction of sp³-hybridized carbons (Fsp3) is 0.133. The van der Waals surface area contributed by atoms with Crippen LogP contribution in [-0.2, 0) is 4.79 Å². The van der Waals surface area contributed by atoms with E-state index in [9.17, 15) is 9.59 Å². The molecule has 0 radical (unpaired) electrons. The van der Waals surface area contributed by atoms with Crippen LogP contribution in [0, 0.1) is 0 Å². The number of benzene rings is 1. The van der Waals surface area contributed by atoms with Crippen LogP contribution < -0.4 is 5.32 Å². The summed E-state index contributed by atoms with van der Waals surface area (Å²) in [5.41, 5.74) is 1.51. The standard InChI is InChI=1S/C15H14N2O4S/c18-14(19)8-7-12(17-21)10-3-5-11(6-4-10)16-15(20)13-2-1-9-22-13/h1-6,9,21H,7-8H2,(H,16,20)(H,18,19). The van der Waals surface area contributed by atoms with Crippen molar-refractivity contribution < 1.29 is 19.9 Å². The molecular weight excluding hydrogens is 304 g/mol. The number of hydrogen-bond donors (Lipinski definition) is 3. The lowest BCUT2D eigenvalue weighted by Gasteiger charge is -2.06. The van der Waals surface area contributed by atoms with Gasteiger partial charge in [0.2, 0.25) is 0 Å². The van der Waals surface area contributed by atoms with Crippen LogP contribution in [0.25, 0.3) is 0 Å². The van der Waals surface area contributed by atoms with Crippen LogP contribution in [0.3, 0.4) is 0 Å². The summed E-state index contributed by atoms with van der Waals surface area (Å²) in [6.07, 6.45) is 0.0169. The molecule has 1 amide bonds. The number of nitrogens with zero attached hydrogens (tertiary/aromatic N) is 1. The summed E-state index contributed by atoms with van der Waals surface area (Å²) < 4.78 is 0. The maximum Gasteiger partial charge on any atom is 0.303 e. The van der Waals surface area contributed by atoms with Crippen molar-refractivity contribution in [2.45, 2.75) is 12.8 Å². The summed E-state index contributed by atoms with van der Waals surface area (Å²) >= 11 is 1.35. The van der Waals surface area contributed by atoms with E-state index < -0.39 is 5.97 Å². The van der Waals surface area contributed by atoms with Crippen LogP contribution in [0.4, 0.5) is 5.69 Å². The molecule has 0 fully saturated rings. The predicted molar refractivity (Wildman–Crippen MR) is 83.9 cm³/mol. The van der Waals surface area contributed by atoms with Crippen molar-refractivity contribution in [2.24, 2.45) is 5.16 Å². The summed E-state index contributed by atoms with van der Waals surface area (Å²) in [6, 6.07) is 10.2. The molecular formula is C15H14N2O4S. The summed E-state index contributed by atoms with van der Waals surface area (Å²) in [5.74, 6) is -1.15. The van der Waals surface area contributed by atoms with Crippen molar-refractivity contribution in [1.82, 2.24) is 0 Å². The zero-order valence-electron chi connectivity index (χ0n) is 11.5. The molecule has 1 heterocycles. The number of hydrogen-bond acceptors (Lipinski definition) is 5. The molecule has 114 valence electrons. The van der Waals surface area contributed by atoms with E-state index in [0.717, 1.165) is 0 Å². The van der Waals surface area contributed by atoms with E-state index in [-0.39, 0.29) is 18.7 Å². The van der Waals surface area contributed by atoms with Gasteiger partial charge in [-0.25, -0.2) is 0 Å². The first-order valence-electron chi connectivity index (χ1n) is 6.48. The quantitative estimate of drug-likeness (QED) is 0.433. The number of nitrogens with one attached hydrogen (secondary N) is 1. The lowest BCUT2D eigenvalue weighted by atomic mass is 10.1. The fourth-order valence-electron chi connectivity index (χ4n) is 1.82. The van der Waals surface area contributed by atoms with Gasteiger partial charge in [-0.1, -0.05) is 23.4 Å². The van der Waals surface area contributed by atoms with Crippen molar-refractivity contribution in [3.63, 3.8) is 0 Å². The Labute approximate surface area is 130 Å². The third-order valence-corrected chi connectivity index (χ3v) is 3.79. The molecule has 0 saturated carbocycles. The monoisotopic (exact) mass is 318 g/mol. The van der Waals surface area contributed by atoms with Crippen molar-refractivity contribution >= 4 is 34.6 Å². The number of thiophene rings is 1. The van der Waals surface area contributed by atoms with Crippen LogP contribution in [0.2, 0.25) is 0 Å². The first kappa shape index (κ1) is 15.7. The van der Waals surface area contributed by atoms with Gasteiger partial charge in [-0.2, -0.15) is 0 Å². The Morgan fingerprint density at radius 2 is 1.86 bits per heavy atom. The zero-order chi connectivity index (χ0) is 15.9. The van der Waals surface area contributed by atoms with Gasteiger partial charge in [0.25, 0.3) is 5.91 Å². The highest BCUT2D eigenvalue weighted by Gasteiger charge is 2.09. The second-order valence-corrected chi connectivity index (χ2v) is 5.40. The molecule has 1 aromatic carbocycles. The highest BCUT2D eigenvalue weighted by Crippen LogP contribution is 2.15. The van der Waals surface area contributed by atoms with Gasteiger partial charge in [0, 0.05) is 12.1 Å². The van der Waals surface area contributed by atoms with E-state index in [4.69, 9.17) is 10.3 Å². The summed E-state index contributed by atoms with van der Waals surface area (Å²) in [4.78, 5) is 23.1. The molecule has 2 rings (SSSR count). The molecule has 2 aromatic rings. The molecule has 0 aliphatic rings. The minimum atomic E-state index is -0.957. The molecule has 22 heavy (non-hydrogen) atoms. The van der Waals surface area contributed by atoms with E-state index in [1.54, 1.807) is 36.4 Å². The third-order valence-electron chi connectivity index (χ3n) is 2.92. The van der Waals surface area contributed by atoms with Crippen LogP contribution in [-0.4, -0.2) is 27.9 Å². The maximum atomic E-state index is 11.9. The molecule has 0 atom stereocenters. The first-order valence-corrected chi connectivity index (χ1v) is 7.36. The number of anilines is 1. The van der Waals surface area contributed by atoms with Gasteiger partial charge in [-0.3, -0.25) is 9.59 Å². The summed E-state index contributed by atoms with van der Waals surface area (Å²) in [5, 5.41) is 25.3. The lowest BCUT2D eigenvalue weighted by molar-refractivity contribution is -0.136. The largest absolute Gasteiger partial charge is 0.481 e. The molecule has 6 nitrogen and oxygen atoms in total. The second-order valence-electron chi connectivity index (χ2n) is 4.45. The topological polar surface area (TPSA) is 99.0 Å². The molecule has 0 unspecified atom stereocenters. The minimum absolute atomic E-state index is 0.115. The Hall–Kier alpha value is -2.67. The molecule has 0 aliphatic carbocycles. The number of amides is 1. The van der Waals surface area contributed by atoms with Gasteiger partial charge in [-0.15, -0.1) is 11.3 Å². The number of aliphatic carboxylic acids is 1. The van der Waals surface area contributed by atoms with E-state index in [1.165, 1.54) is 11.3 Å². The van der Waals surface area contributed by atoms with Crippen molar-refractivity contribution in [3.05, 3.63) is 52.2 Å². The van der Waals surface area contributed by atoms with Gasteiger partial charge in [0.05, 0.1) is 17.0 Å². The van der Waals surface area contributed by atoms with Gasteiger partial charge >= 0.3 is 5.97 Å². The fourth-order valence-corrected chi connectivity index (χ4v) is 2.44. The molecule has 3 N–H and O–H groups in total. The summed E-state index contributed by atoms with van der Waals surface area (Å²) in [7, 11) is 0. The smallest absolute Gasteiger partial charge is 0.303 e. The van der Waals surface area contributed by atoms with E-state index in [2.05, 4.69) is 10.5 Å². The first-order chi connectivity index (χ1) is 10.6. The summed E-state index contributed by atoms with van der Waals surface area (Å²) in [6.45, 7) is 0. The van der Waals surface area contributed by atoms with Crippen molar-refractivity contribution in [2.75, 3.05) is 5.32 Å². The van der Waals surface area contributed by atoms with E-state index in [0.29, 0.717) is 21.8 Å². The Morgan fingerprint density at radius 1 is 1.14 bits per heavy atom. The Bertz CT molecular complexity index is 678. The van der Waals surface area contributed by atoms with Gasteiger partial charge in [0.1, 0.15) is 0 Å². The molecule has 0 aliphatic heterocycles. The normalized spacial score (nSPS) is 11.2. The zero-order valence-corrected chi connectivity index (χ0v) is 12.3. The van der Waals surface area contributed by atoms with Crippen LogP contribution in [0.5, 0.6) is 0 Å². The molecule has 7 heteroatoms. The number of oxime groups is 1. The molecule has 0 spiro atoms. The molecule has 1 aromatic heterocycles. The number of carboxylic acid groups (broad SMARTS) is 1. The number of carbonyl (C=O) groups excluding carboxylic acids is 1. The Kier molecular flexibility index (Phi) is 5.26. The van der Waals surface area contributed by atoms with Crippen molar-refractivity contribution in [3.8, 4) is 0 Å². The van der Waals surface area contributed by atoms with Crippen LogP contribution >= 0.6 is 11.3 Å². The van der Waals surface area contributed by atoms with Crippen LogP contribution in [0.15, 0.2) is 46.9 Å². The Morgan fingerprint density at radius 3 is 2.41 bits per heavy atom. The SMILES string of the molecule is O=C(O)CCC(=NO)c1ccc(NC(=O)c2cccs2)cc1.